The third kappa shape index (κ3) is 8.65. The number of rotatable bonds is 5. The van der Waals surface area contributed by atoms with Crippen LogP contribution in [0.2, 0.25) is 0 Å². The molecular weight excluding hydrogens is 276 g/mol. The van der Waals surface area contributed by atoms with Gasteiger partial charge in [-0.3, -0.25) is 9.98 Å². The first-order valence-electron chi connectivity index (χ1n) is 7.64. The van der Waals surface area contributed by atoms with E-state index in [9.17, 15) is 10.2 Å². The molecule has 0 aromatic heterocycles. The molecule has 0 amide bonds. The van der Waals surface area contributed by atoms with Crippen molar-refractivity contribution in [1.82, 2.24) is 0 Å². The van der Waals surface area contributed by atoms with Crippen LogP contribution in [0.25, 0.3) is 0 Å². The summed E-state index contributed by atoms with van der Waals surface area (Å²) in [5.74, 6) is 0.134. The van der Waals surface area contributed by atoms with Crippen molar-refractivity contribution in [2.75, 3.05) is 13.1 Å². The van der Waals surface area contributed by atoms with Crippen molar-refractivity contribution < 1.29 is 10.2 Å². The molecule has 0 spiro atoms. The summed E-state index contributed by atoms with van der Waals surface area (Å²) in [5, 5.41) is 23.6. The molecule has 0 fully saturated rings. The zero-order valence-electron chi connectivity index (χ0n) is 15.3. The third-order valence-corrected chi connectivity index (χ3v) is 2.98. The van der Waals surface area contributed by atoms with Gasteiger partial charge in [0.2, 0.25) is 0 Å². The van der Waals surface area contributed by atoms with Crippen LogP contribution in [0.1, 0.15) is 55.4 Å². The lowest BCUT2D eigenvalue weighted by Crippen LogP contribution is -2.21. The van der Waals surface area contributed by atoms with Crippen molar-refractivity contribution in [1.29, 1.82) is 0 Å². The molecule has 0 unspecified atom stereocenters. The lowest BCUT2D eigenvalue weighted by molar-refractivity contribution is -0.322. The SMILES string of the molecule is CC(/C=C(\[O-])C(C)(C)C)=NCCN=C(C)/C=C(\[O-])C(C)(C)C. The van der Waals surface area contributed by atoms with E-state index in [0.717, 1.165) is 0 Å². The first-order valence-corrected chi connectivity index (χ1v) is 7.64. The first-order chi connectivity index (χ1) is 9.84. The predicted molar refractivity (Wildman–Crippen MR) is 91.0 cm³/mol. The zero-order valence-corrected chi connectivity index (χ0v) is 15.3. The fraction of sp³-hybridized carbons (Fsp3) is 0.667. The van der Waals surface area contributed by atoms with Crippen LogP contribution in [0.15, 0.2) is 33.7 Å². The van der Waals surface area contributed by atoms with Gasteiger partial charge in [0.15, 0.2) is 0 Å². The Bertz CT molecular complexity index is 438. The van der Waals surface area contributed by atoms with Gasteiger partial charge >= 0.3 is 0 Å². The lowest BCUT2D eigenvalue weighted by Gasteiger charge is -2.28. The van der Waals surface area contributed by atoms with Crippen LogP contribution in [0.4, 0.5) is 0 Å². The maximum atomic E-state index is 11.8. The average molecular weight is 306 g/mol. The Balaban J connectivity index is 4.60. The van der Waals surface area contributed by atoms with Gasteiger partial charge in [0.25, 0.3) is 0 Å². The molecule has 0 aliphatic carbocycles. The lowest BCUT2D eigenvalue weighted by atomic mass is 9.93. The summed E-state index contributed by atoms with van der Waals surface area (Å²) in [6.45, 7) is 15.9. The van der Waals surface area contributed by atoms with Crippen LogP contribution in [0.5, 0.6) is 0 Å². The van der Waals surface area contributed by atoms with E-state index in [2.05, 4.69) is 9.98 Å². The molecule has 4 nitrogen and oxygen atoms in total. The zero-order chi connectivity index (χ0) is 17.6. The molecule has 0 aromatic rings. The van der Waals surface area contributed by atoms with Gasteiger partial charge in [-0.15, -0.1) is 11.5 Å². The van der Waals surface area contributed by atoms with E-state index in [0.29, 0.717) is 24.5 Å². The monoisotopic (exact) mass is 306 g/mol. The molecule has 0 radical (unpaired) electrons. The minimum atomic E-state index is -0.381. The standard InChI is InChI=1S/C18H32N2O2/c1-13(11-15(21)17(3,4)5)19-9-10-20-14(2)12-16(22)18(6,7)8/h11-12,21-22H,9-10H2,1-8H3/p-2/b15-11-,16-12-,19-13?,20-14?. The minimum Gasteiger partial charge on any atom is -0.875 e. The maximum Gasteiger partial charge on any atom is 0.0588 e. The van der Waals surface area contributed by atoms with Crippen LogP contribution in [0, 0.1) is 10.8 Å². The highest BCUT2D eigenvalue weighted by Crippen LogP contribution is 2.20. The number of hydrogen-bond donors (Lipinski definition) is 0. The van der Waals surface area contributed by atoms with Crippen LogP contribution in [-0.4, -0.2) is 24.5 Å². The van der Waals surface area contributed by atoms with E-state index >= 15 is 0 Å². The van der Waals surface area contributed by atoms with Gasteiger partial charge in [-0.2, -0.15) is 0 Å². The number of hydrogen-bond acceptors (Lipinski definition) is 4. The van der Waals surface area contributed by atoms with Crippen LogP contribution < -0.4 is 10.2 Å². The van der Waals surface area contributed by atoms with E-state index in [1.165, 1.54) is 0 Å². The highest BCUT2D eigenvalue weighted by molar-refractivity contribution is 5.93. The third-order valence-electron chi connectivity index (χ3n) is 2.98. The van der Waals surface area contributed by atoms with E-state index in [1.807, 2.05) is 55.4 Å². The van der Waals surface area contributed by atoms with Crippen molar-refractivity contribution >= 4 is 11.4 Å². The number of nitrogens with zero attached hydrogens (tertiary/aromatic N) is 2. The van der Waals surface area contributed by atoms with Crippen LogP contribution >= 0.6 is 0 Å². The molecule has 126 valence electrons. The molecule has 0 bridgehead atoms. The molecule has 0 saturated heterocycles. The second-order valence-corrected chi connectivity index (χ2v) is 7.56. The van der Waals surface area contributed by atoms with Crippen molar-refractivity contribution in [3.05, 3.63) is 23.7 Å². The molecule has 0 saturated carbocycles. The summed E-state index contributed by atoms with van der Waals surface area (Å²) in [7, 11) is 0. The van der Waals surface area contributed by atoms with Crippen molar-refractivity contribution in [2.24, 2.45) is 20.8 Å². The molecule has 0 aromatic carbocycles. The van der Waals surface area contributed by atoms with Gasteiger partial charge in [0.05, 0.1) is 13.1 Å². The smallest absolute Gasteiger partial charge is 0.0588 e. The molecule has 0 aliphatic rings. The largest absolute Gasteiger partial charge is 0.875 e. The van der Waals surface area contributed by atoms with E-state index in [-0.39, 0.29) is 22.3 Å². The molecule has 0 atom stereocenters. The van der Waals surface area contributed by atoms with Gasteiger partial charge in [0, 0.05) is 11.4 Å². The summed E-state index contributed by atoms with van der Waals surface area (Å²) in [5.41, 5.74) is 0.659. The number of allylic oxidation sites excluding steroid dienone is 4. The fourth-order valence-corrected chi connectivity index (χ4v) is 1.36. The Morgan fingerprint density at radius 1 is 0.727 bits per heavy atom. The molecular formula is C18H30N2O2-2. The number of aliphatic imine (C=N–C) groups is 2. The summed E-state index contributed by atoms with van der Waals surface area (Å²) >= 11 is 0. The summed E-state index contributed by atoms with van der Waals surface area (Å²) in [6.07, 6.45) is 3.15. The molecule has 22 heavy (non-hydrogen) atoms. The molecule has 0 rings (SSSR count). The molecule has 0 aliphatic heterocycles. The normalized spacial score (nSPS) is 16.2. The van der Waals surface area contributed by atoms with Crippen LogP contribution in [0.3, 0.4) is 0 Å². The summed E-state index contributed by atoms with van der Waals surface area (Å²) in [6, 6.07) is 0. The average Bonchev–Trinajstić information content (AvgIpc) is 2.32. The van der Waals surface area contributed by atoms with Crippen molar-refractivity contribution in [2.45, 2.75) is 55.4 Å². The van der Waals surface area contributed by atoms with Crippen LogP contribution in [-0.2, 0) is 0 Å². The minimum absolute atomic E-state index is 0.0672. The molecule has 0 N–H and O–H groups in total. The summed E-state index contributed by atoms with van der Waals surface area (Å²) < 4.78 is 0. The quantitative estimate of drug-likeness (QED) is 0.445. The van der Waals surface area contributed by atoms with E-state index in [4.69, 9.17) is 0 Å². The van der Waals surface area contributed by atoms with E-state index < -0.39 is 0 Å². The molecule has 4 heteroatoms. The van der Waals surface area contributed by atoms with Crippen molar-refractivity contribution in [3.8, 4) is 0 Å². The van der Waals surface area contributed by atoms with Gasteiger partial charge in [0.1, 0.15) is 0 Å². The molecule has 0 heterocycles. The Hall–Kier alpha value is -1.58. The van der Waals surface area contributed by atoms with E-state index in [1.54, 1.807) is 12.2 Å². The topological polar surface area (TPSA) is 70.8 Å². The van der Waals surface area contributed by atoms with Gasteiger partial charge in [-0.1, -0.05) is 53.7 Å². The highest BCUT2D eigenvalue weighted by atomic mass is 16.3. The summed E-state index contributed by atoms with van der Waals surface area (Å²) in [4.78, 5) is 8.62. The predicted octanol–water partition coefficient (Wildman–Crippen LogP) is 2.49. The maximum absolute atomic E-state index is 11.8. The second-order valence-electron chi connectivity index (χ2n) is 7.56. The second kappa shape index (κ2) is 8.16. The van der Waals surface area contributed by atoms with Crippen molar-refractivity contribution in [3.63, 3.8) is 0 Å². The van der Waals surface area contributed by atoms with Gasteiger partial charge in [-0.05, 0) is 24.7 Å². The Morgan fingerprint density at radius 3 is 1.23 bits per heavy atom. The fourth-order valence-electron chi connectivity index (χ4n) is 1.36. The Kier molecular flexibility index (Phi) is 7.57. The Labute approximate surface area is 135 Å². The Morgan fingerprint density at radius 2 is 1.00 bits per heavy atom. The highest BCUT2D eigenvalue weighted by Gasteiger charge is 2.08. The first kappa shape index (κ1) is 20.4. The van der Waals surface area contributed by atoms with Gasteiger partial charge < -0.3 is 10.2 Å². The van der Waals surface area contributed by atoms with Gasteiger partial charge in [-0.25, -0.2) is 0 Å².